The monoisotopic (exact) mass is 342 g/mol. The second kappa shape index (κ2) is 6.61. The fraction of sp³-hybridized carbons (Fsp3) is 0.667. The lowest BCUT2D eigenvalue weighted by Crippen LogP contribution is -2.23. The number of imidazole rings is 1. The molecule has 0 saturated heterocycles. The van der Waals surface area contributed by atoms with E-state index in [1.165, 1.54) is 12.8 Å². The fourth-order valence-electron chi connectivity index (χ4n) is 3.83. The minimum Gasteiger partial charge on any atom is -0.336 e. The molecule has 4 rings (SSSR count). The van der Waals surface area contributed by atoms with Crippen LogP contribution in [-0.2, 0) is 13.0 Å². The molecule has 134 valence electrons. The van der Waals surface area contributed by atoms with Gasteiger partial charge in [-0.3, -0.25) is 9.36 Å². The molecule has 1 aliphatic carbocycles. The van der Waals surface area contributed by atoms with Crippen molar-refractivity contribution in [1.29, 1.82) is 0 Å². The SMILES string of the molecule is CCCCc1nc2n(CCC)c(=O)c3[nH]c(C4CCCC4)nc3n2n1. The van der Waals surface area contributed by atoms with Crippen LogP contribution in [0.3, 0.4) is 0 Å². The van der Waals surface area contributed by atoms with Gasteiger partial charge in [0.2, 0.25) is 5.78 Å². The van der Waals surface area contributed by atoms with Crippen LogP contribution in [0.25, 0.3) is 16.9 Å². The Morgan fingerprint density at radius 3 is 2.68 bits per heavy atom. The van der Waals surface area contributed by atoms with Crippen LogP contribution in [0.15, 0.2) is 4.79 Å². The molecule has 0 aliphatic heterocycles. The molecule has 25 heavy (non-hydrogen) atoms. The van der Waals surface area contributed by atoms with E-state index < -0.39 is 0 Å². The molecule has 7 heteroatoms. The maximum atomic E-state index is 13.0. The lowest BCUT2D eigenvalue weighted by Gasteiger charge is -2.04. The summed E-state index contributed by atoms with van der Waals surface area (Å²) in [6.07, 6.45) is 8.62. The number of aryl methyl sites for hydroxylation is 2. The first-order valence-electron chi connectivity index (χ1n) is 9.61. The van der Waals surface area contributed by atoms with E-state index in [1.54, 1.807) is 9.08 Å². The Morgan fingerprint density at radius 2 is 1.96 bits per heavy atom. The summed E-state index contributed by atoms with van der Waals surface area (Å²) in [5, 5.41) is 4.67. The van der Waals surface area contributed by atoms with Crippen LogP contribution in [0.5, 0.6) is 0 Å². The van der Waals surface area contributed by atoms with Crippen LogP contribution in [-0.4, -0.2) is 29.1 Å². The number of rotatable bonds is 6. The average Bonchev–Trinajstić information content (AvgIpc) is 3.34. The van der Waals surface area contributed by atoms with Gasteiger partial charge in [0.05, 0.1) is 0 Å². The number of unbranched alkanes of at least 4 members (excludes halogenated alkanes) is 1. The molecular weight excluding hydrogens is 316 g/mol. The van der Waals surface area contributed by atoms with Gasteiger partial charge in [-0.2, -0.15) is 9.50 Å². The molecule has 0 aromatic carbocycles. The van der Waals surface area contributed by atoms with E-state index in [-0.39, 0.29) is 5.56 Å². The molecule has 1 saturated carbocycles. The van der Waals surface area contributed by atoms with Gasteiger partial charge in [-0.05, 0) is 25.7 Å². The Hall–Kier alpha value is -2.18. The number of hydrogen-bond acceptors (Lipinski definition) is 4. The first kappa shape index (κ1) is 16.3. The van der Waals surface area contributed by atoms with Crippen molar-refractivity contribution in [2.24, 2.45) is 0 Å². The number of aromatic nitrogens is 6. The summed E-state index contributed by atoms with van der Waals surface area (Å²) in [7, 11) is 0. The third kappa shape index (κ3) is 2.75. The van der Waals surface area contributed by atoms with Gasteiger partial charge in [0.25, 0.3) is 5.56 Å². The van der Waals surface area contributed by atoms with Crippen molar-refractivity contribution >= 4 is 16.9 Å². The molecule has 0 amide bonds. The van der Waals surface area contributed by atoms with Gasteiger partial charge in [-0.1, -0.05) is 33.1 Å². The van der Waals surface area contributed by atoms with Gasteiger partial charge in [0, 0.05) is 18.9 Å². The highest BCUT2D eigenvalue weighted by Gasteiger charge is 2.24. The molecule has 1 N–H and O–H groups in total. The average molecular weight is 342 g/mol. The zero-order valence-electron chi connectivity index (χ0n) is 15.1. The standard InChI is InChI=1S/C18H26N6O/c1-3-5-10-13-19-18-23(11-4-2)17(25)14-16(24(18)22-13)21-15(20-14)12-8-6-7-9-12/h12H,3-11H2,1-2H3,(H,20,21). The first-order chi connectivity index (χ1) is 12.2. The highest BCUT2D eigenvalue weighted by atomic mass is 16.1. The largest absolute Gasteiger partial charge is 0.336 e. The number of fused-ring (bicyclic) bond motifs is 3. The maximum Gasteiger partial charge on any atom is 0.281 e. The smallest absolute Gasteiger partial charge is 0.281 e. The summed E-state index contributed by atoms with van der Waals surface area (Å²) in [5.41, 5.74) is 1.16. The van der Waals surface area contributed by atoms with E-state index in [1.807, 2.05) is 0 Å². The van der Waals surface area contributed by atoms with Crippen molar-refractivity contribution in [3.63, 3.8) is 0 Å². The van der Waals surface area contributed by atoms with E-state index in [0.717, 1.165) is 50.2 Å². The van der Waals surface area contributed by atoms with E-state index >= 15 is 0 Å². The van der Waals surface area contributed by atoms with Gasteiger partial charge in [-0.15, -0.1) is 5.10 Å². The Kier molecular flexibility index (Phi) is 4.31. The van der Waals surface area contributed by atoms with E-state index in [9.17, 15) is 4.79 Å². The molecule has 3 aromatic heterocycles. The number of nitrogens with zero attached hydrogens (tertiary/aromatic N) is 5. The highest BCUT2D eigenvalue weighted by molar-refractivity contribution is 5.72. The highest BCUT2D eigenvalue weighted by Crippen LogP contribution is 2.33. The second-order valence-corrected chi connectivity index (χ2v) is 7.10. The first-order valence-corrected chi connectivity index (χ1v) is 9.61. The van der Waals surface area contributed by atoms with Crippen molar-refractivity contribution < 1.29 is 0 Å². The summed E-state index contributed by atoms with van der Waals surface area (Å²) in [6.45, 7) is 4.86. The lowest BCUT2D eigenvalue weighted by atomic mass is 10.1. The van der Waals surface area contributed by atoms with E-state index in [2.05, 4.69) is 28.9 Å². The fourth-order valence-corrected chi connectivity index (χ4v) is 3.83. The van der Waals surface area contributed by atoms with E-state index in [4.69, 9.17) is 4.98 Å². The molecule has 0 radical (unpaired) electrons. The Labute approximate surface area is 146 Å². The van der Waals surface area contributed by atoms with Crippen molar-refractivity contribution in [2.75, 3.05) is 0 Å². The van der Waals surface area contributed by atoms with Crippen LogP contribution in [0.1, 0.15) is 76.4 Å². The second-order valence-electron chi connectivity index (χ2n) is 7.10. The van der Waals surface area contributed by atoms with Gasteiger partial charge < -0.3 is 4.98 Å². The molecule has 1 fully saturated rings. The molecule has 3 heterocycles. The number of H-pyrrole nitrogens is 1. The van der Waals surface area contributed by atoms with Gasteiger partial charge in [0.1, 0.15) is 5.82 Å². The molecule has 7 nitrogen and oxygen atoms in total. The summed E-state index contributed by atoms with van der Waals surface area (Å²) in [4.78, 5) is 25.7. The molecule has 1 aliphatic rings. The van der Waals surface area contributed by atoms with Crippen LogP contribution in [0.2, 0.25) is 0 Å². The molecule has 3 aromatic rings. The van der Waals surface area contributed by atoms with Crippen LogP contribution < -0.4 is 5.56 Å². The molecule has 0 unspecified atom stereocenters. The maximum absolute atomic E-state index is 13.0. The summed E-state index contributed by atoms with van der Waals surface area (Å²) < 4.78 is 3.51. The van der Waals surface area contributed by atoms with Crippen LogP contribution in [0, 0.1) is 0 Å². The van der Waals surface area contributed by atoms with Gasteiger partial charge >= 0.3 is 0 Å². The Morgan fingerprint density at radius 1 is 1.16 bits per heavy atom. The summed E-state index contributed by atoms with van der Waals surface area (Å²) in [5.74, 6) is 2.79. The summed E-state index contributed by atoms with van der Waals surface area (Å²) >= 11 is 0. The van der Waals surface area contributed by atoms with Crippen molar-refractivity contribution in [3.8, 4) is 0 Å². The van der Waals surface area contributed by atoms with Crippen LogP contribution >= 0.6 is 0 Å². The number of hydrogen-bond donors (Lipinski definition) is 1. The zero-order valence-corrected chi connectivity index (χ0v) is 15.1. The van der Waals surface area contributed by atoms with Gasteiger partial charge in [0.15, 0.2) is 17.0 Å². The molecule has 0 atom stereocenters. The van der Waals surface area contributed by atoms with Crippen LogP contribution in [0.4, 0.5) is 0 Å². The Balaban J connectivity index is 1.92. The Bertz CT molecular complexity index is 944. The van der Waals surface area contributed by atoms with Gasteiger partial charge in [-0.25, -0.2) is 4.98 Å². The normalized spacial score (nSPS) is 15.8. The summed E-state index contributed by atoms with van der Waals surface area (Å²) in [6, 6.07) is 0. The number of aromatic amines is 1. The minimum atomic E-state index is -0.0319. The number of nitrogens with one attached hydrogen (secondary N) is 1. The molecule has 0 bridgehead atoms. The topological polar surface area (TPSA) is 80.9 Å². The minimum absolute atomic E-state index is 0.0319. The van der Waals surface area contributed by atoms with Crippen molar-refractivity contribution in [1.82, 2.24) is 29.1 Å². The van der Waals surface area contributed by atoms with Crippen molar-refractivity contribution in [2.45, 2.75) is 77.7 Å². The molecule has 0 spiro atoms. The lowest BCUT2D eigenvalue weighted by molar-refractivity contribution is 0.659. The third-order valence-corrected chi connectivity index (χ3v) is 5.18. The zero-order chi connectivity index (χ0) is 17.4. The van der Waals surface area contributed by atoms with E-state index in [0.29, 0.717) is 29.4 Å². The predicted molar refractivity (Wildman–Crippen MR) is 97.0 cm³/mol. The quantitative estimate of drug-likeness (QED) is 0.746. The predicted octanol–water partition coefficient (Wildman–Crippen LogP) is 3.18. The van der Waals surface area contributed by atoms with Crippen molar-refractivity contribution in [3.05, 3.63) is 22.0 Å². The molecular formula is C18H26N6O. The third-order valence-electron chi connectivity index (χ3n) is 5.18.